The van der Waals surface area contributed by atoms with Crippen molar-refractivity contribution in [1.82, 2.24) is 5.32 Å². The minimum absolute atomic E-state index is 0.0000736. The zero-order valence-electron chi connectivity index (χ0n) is 15.8. The van der Waals surface area contributed by atoms with Crippen molar-refractivity contribution in [2.45, 2.75) is 25.3 Å². The Labute approximate surface area is 161 Å². The molecule has 0 aliphatic carbocycles. The number of carbonyl (C=O) groups excluding carboxylic acids is 1. The van der Waals surface area contributed by atoms with E-state index in [-0.39, 0.29) is 17.9 Å². The van der Waals surface area contributed by atoms with Crippen molar-refractivity contribution in [2.75, 3.05) is 7.11 Å². The van der Waals surface area contributed by atoms with E-state index in [1.807, 2.05) is 79.7 Å². The van der Waals surface area contributed by atoms with Gasteiger partial charge in [0.05, 0.1) is 13.2 Å². The lowest BCUT2D eigenvalue weighted by molar-refractivity contribution is -0.121. The first-order valence-electron chi connectivity index (χ1n) is 9.20. The summed E-state index contributed by atoms with van der Waals surface area (Å²) < 4.78 is 5.26. The predicted octanol–water partition coefficient (Wildman–Crippen LogP) is 5.09. The molecule has 0 heterocycles. The monoisotopic (exact) mass is 359 g/mol. The minimum Gasteiger partial charge on any atom is -0.497 e. The standard InChI is InChI=1S/C24H25NO2/c1-18(19-9-5-3-6-10-19)25-24(26)17-23(20-11-7-4-8-12-20)21-13-15-22(27-2)16-14-21/h3-16,18,23H,17H2,1-2H3,(H,25,26). The van der Waals surface area contributed by atoms with Gasteiger partial charge in [0.1, 0.15) is 5.75 Å². The van der Waals surface area contributed by atoms with E-state index >= 15 is 0 Å². The lowest BCUT2D eigenvalue weighted by atomic mass is 9.88. The van der Waals surface area contributed by atoms with Crippen LogP contribution < -0.4 is 10.1 Å². The zero-order chi connectivity index (χ0) is 19.1. The molecule has 3 heteroatoms. The van der Waals surface area contributed by atoms with E-state index in [2.05, 4.69) is 17.4 Å². The van der Waals surface area contributed by atoms with Crippen LogP contribution in [0.15, 0.2) is 84.9 Å². The predicted molar refractivity (Wildman–Crippen MR) is 109 cm³/mol. The molecule has 1 N–H and O–H groups in total. The molecule has 3 nitrogen and oxygen atoms in total. The second-order valence-electron chi connectivity index (χ2n) is 6.64. The first-order chi connectivity index (χ1) is 13.2. The average Bonchev–Trinajstić information content (AvgIpc) is 2.73. The van der Waals surface area contributed by atoms with E-state index < -0.39 is 0 Å². The molecule has 0 saturated carbocycles. The summed E-state index contributed by atoms with van der Waals surface area (Å²) in [7, 11) is 1.65. The Balaban J connectivity index is 1.77. The van der Waals surface area contributed by atoms with Crippen LogP contribution in [-0.4, -0.2) is 13.0 Å². The highest BCUT2D eigenvalue weighted by Crippen LogP contribution is 2.29. The van der Waals surface area contributed by atoms with Gasteiger partial charge in [-0.2, -0.15) is 0 Å². The van der Waals surface area contributed by atoms with E-state index in [4.69, 9.17) is 4.74 Å². The van der Waals surface area contributed by atoms with Gasteiger partial charge in [-0.15, -0.1) is 0 Å². The first kappa shape index (κ1) is 18.7. The Hall–Kier alpha value is -3.07. The summed E-state index contributed by atoms with van der Waals surface area (Å²) in [6.07, 6.45) is 0.396. The molecule has 0 aliphatic heterocycles. The Morgan fingerprint density at radius 1 is 0.815 bits per heavy atom. The fraction of sp³-hybridized carbons (Fsp3) is 0.208. The van der Waals surface area contributed by atoms with Gasteiger partial charge in [0.15, 0.2) is 0 Å². The quantitative estimate of drug-likeness (QED) is 0.638. The summed E-state index contributed by atoms with van der Waals surface area (Å²) in [5.41, 5.74) is 3.33. The van der Waals surface area contributed by atoms with E-state index in [1.54, 1.807) is 7.11 Å². The molecule has 3 aromatic rings. The smallest absolute Gasteiger partial charge is 0.221 e. The Morgan fingerprint density at radius 3 is 1.89 bits per heavy atom. The van der Waals surface area contributed by atoms with Crippen molar-refractivity contribution in [2.24, 2.45) is 0 Å². The van der Waals surface area contributed by atoms with Gasteiger partial charge in [-0.3, -0.25) is 4.79 Å². The molecule has 0 aliphatic rings. The van der Waals surface area contributed by atoms with Gasteiger partial charge < -0.3 is 10.1 Å². The largest absolute Gasteiger partial charge is 0.497 e. The fourth-order valence-corrected chi connectivity index (χ4v) is 3.26. The van der Waals surface area contributed by atoms with Crippen molar-refractivity contribution in [3.63, 3.8) is 0 Å². The van der Waals surface area contributed by atoms with Gasteiger partial charge in [0, 0.05) is 12.3 Å². The van der Waals surface area contributed by atoms with Crippen LogP contribution in [0.4, 0.5) is 0 Å². The molecular weight excluding hydrogens is 334 g/mol. The van der Waals surface area contributed by atoms with Gasteiger partial charge >= 0.3 is 0 Å². The number of benzene rings is 3. The molecule has 3 aromatic carbocycles. The van der Waals surface area contributed by atoms with Gasteiger partial charge in [0.2, 0.25) is 5.91 Å². The molecule has 1 amide bonds. The van der Waals surface area contributed by atoms with Crippen molar-refractivity contribution in [3.8, 4) is 5.75 Å². The van der Waals surface area contributed by atoms with Crippen LogP contribution >= 0.6 is 0 Å². The molecule has 0 bridgehead atoms. The third-order valence-corrected chi connectivity index (χ3v) is 4.79. The van der Waals surface area contributed by atoms with Gasteiger partial charge in [-0.05, 0) is 35.7 Å². The summed E-state index contributed by atoms with van der Waals surface area (Å²) >= 11 is 0. The second-order valence-corrected chi connectivity index (χ2v) is 6.64. The molecule has 3 rings (SSSR count). The molecule has 0 saturated heterocycles. The fourth-order valence-electron chi connectivity index (χ4n) is 3.26. The maximum Gasteiger partial charge on any atom is 0.221 e. The second kappa shape index (κ2) is 9.04. The number of ether oxygens (including phenoxy) is 1. The van der Waals surface area contributed by atoms with Gasteiger partial charge in [0.25, 0.3) is 0 Å². The van der Waals surface area contributed by atoms with Gasteiger partial charge in [-0.1, -0.05) is 72.8 Å². The molecular formula is C24H25NO2. The minimum atomic E-state index is -0.0222. The van der Waals surface area contributed by atoms with Crippen LogP contribution in [0.5, 0.6) is 5.75 Å². The van der Waals surface area contributed by atoms with Crippen molar-refractivity contribution < 1.29 is 9.53 Å². The molecule has 0 spiro atoms. The molecule has 0 fully saturated rings. The summed E-state index contributed by atoms with van der Waals surface area (Å²) in [6, 6.07) is 28.1. The van der Waals surface area contributed by atoms with Crippen LogP contribution in [0.25, 0.3) is 0 Å². The number of rotatable bonds is 7. The Morgan fingerprint density at radius 2 is 1.33 bits per heavy atom. The van der Waals surface area contributed by atoms with Crippen LogP contribution in [0, 0.1) is 0 Å². The molecule has 0 radical (unpaired) electrons. The zero-order valence-corrected chi connectivity index (χ0v) is 15.8. The Bertz CT molecular complexity index is 845. The number of hydrogen-bond acceptors (Lipinski definition) is 2. The number of amides is 1. The number of methoxy groups -OCH3 is 1. The van der Waals surface area contributed by atoms with Gasteiger partial charge in [-0.25, -0.2) is 0 Å². The summed E-state index contributed by atoms with van der Waals surface area (Å²) in [5, 5.41) is 3.13. The van der Waals surface area contributed by atoms with Crippen molar-refractivity contribution in [1.29, 1.82) is 0 Å². The molecule has 2 unspecified atom stereocenters. The van der Waals surface area contributed by atoms with Crippen LogP contribution in [0.3, 0.4) is 0 Å². The highest BCUT2D eigenvalue weighted by Gasteiger charge is 2.19. The maximum absolute atomic E-state index is 12.8. The first-order valence-corrected chi connectivity index (χ1v) is 9.20. The highest BCUT2D eigenvalue weighted by molar-refractivity contribution is 5.78. The van der Waals surface area contributed by atoms with Crippen LogP contribution in [0.2, 0.25) is 0 Å². The van der Waals surface area contributed by atoms with E-state index in [0.29, 0.717) is 6.42 Å². The topological polar surface area (TPSA) is 38.3 Å². The molecule has 2 atom stereocenters. The SMILES string of the molecule is COc1ccc(C(CC(=O)NC(C)c2ccccc2)c2ccccc2)cc1. The van der Waals surface area contributed by atoms with E-state index in [9.17, 15) is 4.79 Å². The normalized spacial score (nSPS) is 12.8. The number of carbonyl (C=O) groups is 1. The summed E-state index contributed by atoms with van der Waals surface area (Å²) in [5.74, 6) is 0.851. The lowest BCUT2D eigenvalue weighted by Crippen LogP contribution is -2.28. The van der Waals surface area contributed by atoms with Crippen LogP contribution in [0.1, 0.15) is 42.0 Å². The van der Waals surface area contributed by atoms with Crippen LogP contribution in [-0.2, 0) is 4.79 Å². The number of nitrogens with one attached hydrogen (secondary N) is 1. The molecule has 138 valence electrons. The maximum atomic E-state index is 12.8. The Kier molecular flexibility index (Phi) is 6.26. The lowest BCUT2D eigenvalue weighted by Gasteiger charge is -2.20. The van der Waals surface area contributed by atoms with E-state index in [1.165, 1.54) is 0 Å². The highest BCUT2D eigenvalue weighted by atomic mass is 16.5. The van der Waals surface area contributed by atoms with E-state index in [0.717, 1.165) is 22.4 Å². The third-order valence-electron chi connectivity index (χ3n) is 4.79. The van der Waals surface area contributed by atoms with Crippen molar-refractivity contribution in [3.05, 3.63) is 102 Å². The third kappa shape index (κ3) is 4.98. The number of hydrogen-bond donors (Lipinski definition) is 1. The molecule has 27 heavy (non-hydrogen) atoms. The summed E-state index contributed by atoms with van der Waals surface area (Å²) in [6.45, 7) is 2.01. The summed E-state index contributed by atoms with van der Waals surface area (Å²) in [4.78, 5) is 12.8. The van der Waals surface area contributed by atoms with Crippen molar-refractivity contribution >= 4 is 5.91 Å². The molecule has 0 aromatic heterocycles. The average molecular weight is 359 g/mol.